The molecule has 0 aromatic carbocycles. The Hall–Kier alpha value is -0.570. The van der Waals surface area contributed by atoms with Crippen molar-refractivity contribution in [3.8, 4) is 0 Å². The van der Waals surface area contributed by atoms with Gasteiger partial charge < -0.3 is 10.2 Å². The van der Waals surface area contributed by atoms with E-state index in [2.05, 4.69) is 31.0 Å². The maximum absolute atomic E-state index is 13.4. The molecular formula is C18H30N2O. The number of hydrogen-bond acceptors (Lipinski definition) is 2. The molecule has 21 heavy (non-hydrogen) atoms. The zero-order valence-corrected chi connectivity index (χ0v) is 13.8. The van der Waals surface area contributed by atoms with Crippen LogP contribution in [0.2, 0.25) is 0 Å². The van der Waals surface area contributed by atoms with Crippen molar-refractivity contribution in [3.63, 3.8) is 0 Å². The van der Waals surface area contributed by atoms with E-state index in [0.29, 0.717) is 23.4 Å². The zero-order chi connectivity index (χ0) is 14.8. The SMILES string of the molecule is CC1CN(C(=O)C23CC4CC(CC(C)(C4)C2)C3)C(C)CN1. The number of carbonyl (C=O) groups is 1. The van der Waals surface area contributed by atoms with Gasteiger partial charge >= 0.3 is 0 Å². The first-order valence-electron chi connectivity index (χ1n) is 8.94. The Balaban J connectivity index is 1.61. The minimum absolute atomic E-state index is 0.00412. The second kappa shape index (κ2) is 4.47. The Bertz CT molecular complexity index is 446. The van der Waals surface area contributed by atoms with Crippen molar-refractivity contribution in [2.24, 2.45) is 22.7 Å². The lowest BCUT2D eigenvalue weighted by molar-refractivity contribution is -0.169. The number of nitrogens with zero attached hydrogens (tertiary/aromatic N) is 1. The first-order chi connectivity index (χ1) is 9.89. The lowest BCUT2D eigenvalue weighted by atomic mass is 9.44. The Labute approximate surface area is 128 Å². The molecule has 0 radical (unpaired) electrons. The summed E-state index contributed by atoms with van der Waals surface area (Å²) in [6.07, 6.45) is 7.69. The normalized spacial score (nSPS) is 52.2. The predicted octanol–water partition coefficient (Wildman–Crippen LogP) is 2.80. The van der Waals surface area contributed by atoms with Crippen LogP contribution in [0.3, 0.4) is 0 Å². The molecule has 5 rings (SSSR count). The number of amides is 1. The molecule has 0 aromatic rings. The van der Waals surface area contributed by atoms with E-state index in [-0.39, 0.29) is 5.41 Å². The molecule has 3 heteroatoms. The van der Waals surface area contributed by atoms with Crippen molar-refractivity contribution in [1.82, 2.24) is 10.2 Å². The van der Waals surface area contributed by atoms with Crippen molar-refractivity contribution in [3.05, 3.63) is 0 Å². The van der Waals surface area contributed by atoms with E-state index in [1.54, 1.807) is 0 Å². The first kappa shape index (κ1) is 14.0. The lowest BCUT2D eigenvalue weighted by Crippen LogP contribution is -2.63. The molecule has 1 aliphatic heterocycles. The van der Waals surface area contributed by atoms with E-state index in [1.807, 2.05) is 0 Å². The maximum atomic E-state index is 13.4. The highest BCUT2D eigenvalue weighted by molar-refractivity contribution is 5.84. The summed E-state index contributed by atoms with van der Waals surface area (Å²) in [7, 11) is 0. The molecule has 4 aliphatic carbocycles. The standard InChI is InChI=1S/C18H30N2O/c1-12-10-20(13(2)9-19-12)16(21)18-7-14-4-15(8-18)6-17(3,5-14)11-18/h12-15,19H,4-11H2,1-3H3. The van der Waals surface area contributed by atoms with Crippen molar-refractivity contribution < 1.29 is 4.79 Å². The van der Waals surface area contributed by atoms with Crippen molar-refractivity contribution in [1.29, 1.82) is 0 Å². The van der Waals surface area contributed by atoms with Gasteiger partial charge in [-0.1, -0.05) is 6.92 Å². The summed E-state index contributed by atoms with van der Waals surface area (Å²) in [5, 5.41) is 3.50. The number of hydrogen-bond donors (Lipinski definition) is 1. The summed E-state index contributed by atoms with van der Waals surface area (Å²) in [5.41, 5.74) is 0.465. The topological polar surface area (TPSA) is 32.3 Å². The Morgan fingerprint density at radius 2 is 1.81 bits per heavy atom. The van der Waals surface area contributed by atoms with Gasteiger partial charge in [0.15, 0.2) is 0 Å². The molecule has 5 fully saturated rings. The third kappa shape index (κ3) is 2.15. The van der Waals surface area contributed by atoms with Crippen LogP contribution < -0.4 is 5.32 Å². The fraction of sp³-hybridized carbons (Fsp3) is 0.944. The number of nitrogens with one attached hydrogen (secondary N) is 1. The second-order valence-electron chi connectivity index (χ2n) is 9.17. The van der Waals surface area contributed by atoms with E-state index >= 15 is 0 Å². The summed E-state index contributed by atoms with van der Waals surface area (Å²) in [4.78, 5) is 15.7. The van der Waals surface area contributed by atoms with Gasteiger partial charge in [-0.3, -0.25) is 4.79 Å². The molecule has 0 aromatic heterocycles. The maximum Gasteiger partial charge on any atom is 0.229 e. The third-order valence-corrected chi connectivity index (χ3v) is 6.83. The summed E-state index contributed by atoms with van der Waals surface area (Å²) in [5.74, 6) is 2.16. The smallest absolute Gasteiger partial charge is 0.229 e. The molecule has 1 saturated heterocycles. The van der Waals surface area contributed by atoms with Crippen LogP contribution >= 0.6 is 0 Å². The van der Waals surface area contributed by atoms with Crippen LogP contribution in [0.1, 0.15) is 59.3 Å². The highest BCUT2D eigenvalue weighted by Crippen LogP contribution is 2.65. The number of piperazine rings is 1. The minimum Gasteiger partial charge on any atom is -0.337 e. The molecule has 4 saturated carbocycles. The average Bonchev–Trinajstić information content (AvgIpc) is 2.38. The molecule has 3 nitrogen and oxygen atoms in total. The Morgan fingerprint density at radius 3 is 2.43 bits per heavy atom. The summed E-state index contributed by atoms with van der Waals surface area (Å²) in [6, 6.07) is 0.796. The van der Waals surface area contributed by atoms with Gasteiger partial charge in [0.2, 0.25) is 5.91 Å². The highest BCUT2D eigenvalue weighted by Gasteiger charge is 2.59. The molecule has 1 heterocycles. The van der Waals surface area contributed by atoms with Crippen LogP contribution in [0.15, 0.2) is 0 Å². The van der Waals surface area contributed by atoms with Crippen LogP contribution in [0, 0.1) is 22.7 Å². The van der Waals surface area contributed by atoms with Crippen LogP contribution in [0.5, 0.6) is 0 Å². The molecule has 1 N–H and O–H groups in total. The minimum atomic E-state index is 0.00412. The van der Waals surface area contributed by atoms with Gasteiger partial charge in [-0.25, -0.2) is 0 Å². The zero-order valence-electron chi connectivity index (χ0n) is 13.8. The fourth-order valence-corrected chi connectivity index (χ4v) is 6.58. The summed E-state index contributed by atoms with van der Waals surface area (Å²) < 4.78 is 0. The predicted molar refractivity (Wildman–Crippen MR) is 83.9 cm³/mol. The Morgan fingerprint density at radius 1 is 1.14 bits per heavy atom. The lowest BCUT2D eigenvalue weighted by Gasteiger charge is -2.61. The van der Waals surface area contributed by atoms with Gasteiger partial charge in [-0.05, 0) is 69.6 Å². The molecule has 0 spiro atoms. The van der Waals surface area contributed by atoms with E-state index in [1.165, 1.54) is 32.1 Å². The van der Waals surface area contributed by atoms with E-state index < -0.39 is 0 Å². The number of rotatable bonds is 1. The summed E-state index contributed by atoms with van der Waals surface area (Å²) >= 11 is 0. The number of carbonyl (C=O) groups excluding carboxylic acids is 1. The van der Waals surface area contributed by atoms with Crippen molar-refractivity contribution in [2.45, 2.75) is 71.4 Å². The van der Waals surface area contributed by atoms with Gasteiger partial charge in [0.1, 0.15) is 0 Å². The molecule has 1 amide bonds. The molecule has 4 atom stereocenters. The molecule has 4 unspecified atom stereocenters. The second-order valence-corrected chi connectivity index (χ2v) is 9.17. The average molecular weight is 290 g/mol. The molecule has 118 valence electrons. The van der Waals surface area contributed by atoms with Crippen LogP contribution in [0.4, 0.5) is 0 Å². The van der Waals surface area contributed by atoms with E-state index in [0.717, 1.165) is 31.3 Å². The van der Waals surface area contributed by atoms with Gasteiger partial charge in [-0.15, -0.1) is 0 Å². The molecular weight excluding hydrogens is 260 g/mol. The quantitative estimate of drug-likeness (QED) is 0.805. The van der Waals surface area contributed by atoms with E-state index in [4.69, 9.17) is 0 Å². The van der Waals surface area contributed by atoms with Crippen molar-refractivity contribution in [2.75, 3.05) is 13.1 Å². The van der Waals surface area contributed by atoms with Gasteiger partial charge in [0, 0.05) is 25.2 Å². The van der Waals surface area contributed by atoms with Gasteiger partial charge in [0.25, 0.3) is 0 Å². The van der Waals surface area contributed by atoms with Crippen LogP contribution in [-0.2, 0) is 4.79 Å². The Kier molecular flexibility index (Phi) is 2.99. The summed E-state index contributed by atoms with van der Waals surface area (Å²) in [6.45, 7) is 8.71. The van der Waals surface area contributed by atoms with Gasteiger partial charge in [-0.2, -0.15) is 0 Å². The first-order valence-corrected chi connectivity index (χ1v) is 8.94. The molecule has 4 bridgehead atoms. The van der Waals surface area contributed by atoms with Crippen LogP contribution in [-0.4, -0.2) is 36.0 Å². The van der Waals surface area contributed by atoms with E-state index in [9.17, 15) is 4.79 Å². The largest absolute Gasteiger partial charge is 0.337 e. The monoisotopic (exact) mass is 290 g/mol. The van der Waals surface area contributed by atoms with Crippen molar-refractivity contribution >= 4 is 5.91 Å². The highest BCUT2D eigenvalue weighted by atomic mass is 16.2. The third-order valence-electron chi connectivity index (χ3n) is 6.83. The fourth-order valence-electron chi connectivity index (χ4n) is 6.58. The van der Waals surface area contributed by atoms with Gasteiger partial charge in [0.05, 0.1) is 5.41 Å². The molecule has 5 aliphatic rings. The van der Waals surface area contributed by atoms with Crippen LogP contribution in [0.25, 0.3) is 0 Å².